The van der Waals surface area contributed by atoms with Crippen molar-refractivity contribution in [1.29, 1.82) is 0 Å². The topological polar surface area (TPSA) is 124 Å². The number of anilines is 1. The van der Waals surface area contributed by atoms with E-state index in [0.29, 0.717) is 10.7 Å². The lowest BCUT2D eigenvalue weighted by Crippen LogP contribution is -2.13. The molecule has 0 atom stereocenters. The first-order chi connectivity index (χ1) is 11.5. The Labute approximate surface area is 143 Å². The summed E-state index contributed by atoms with van der Waals surface area (Å²) >= 11 is 7.26. The molecule has 0 aliphatic heterocycles. The number of nitrogens with zero attached hydrogens (tertiary/aromatic N) is 4. The molecule has 3 aromatic rings. The van der Waals surface area contributed by atoms with Gasteiger partial charge >= 0.3 is 0 Å². The standard InChI is InChI=1S/C13H8ClN5O4S/c1-6-5-24-13(15-6)10-11(18-23-17-10)16-12(20)8-3-2-7(19(21)22)4-9(8)14/h2-5H,1H3,(H,16,18,20). The molecule has 3 rings (SSSR count). The largest absolute Gasteiger partial charge is 0.302 e. The molecule has 0 bridgehead atoms. The Morgan fingerprint density at radius 3 is 2.83 bits per heavy atom. The zero-order valence-corrected chi connectivity index (χ0v) is 13.6. The number of hydrogen-bond donors (Lipinski definition) is 1. The van der Waals surface area contributed by atoms with Crippen molar-refractivity contribution in [2.45, 2.75) is 6.92 Å². The van der Waals surface area contributed by atoms with E-state index in [9.17, 15) is 14.9 Å². The smallest absolute Gasteiger partial charge is 0.270 e. The average Bonchev–Trinajstić information content (AvgIpc) is 3.15. The molecule has 0 spiro atoms. The summed E-state index contributed by atoms with van der Waals surface area (Å²) < 4.78 is 4.66. The minimum Gasteiger partial charge on any atom is -0.302 e. The molecule has 122 valence electrons. The van der Waals surface area contributed by atoms with Crippen molar-refractivity contribution >= 4 is 40.4 Å². The Morgan fingerprint density at radius 1 is 1.42 bits per heavy atom. The first kappa shape index (κ1) is 16.0. The third kappa shape index (κ3) is 3.09. The number of nitro benzene ring substituents is 1. The molecule has 0 radical (unpaired) electrons. The highest BCUT2D eigenvalue weighted by molar-refractivity contribution is 7.13. The fourth-order valence-corrected chi connectivity index (χ4v) is 2.89. The summed E-state index contributed by atoms with van der Waals surface area (Å²) in [5.41, 5.74) is 0.943. The van der Waals surface area contributed by atoms with Gasteiger partial charge in [-0.2, -0.15) is 0 Å². The van der Waals surface area contributed by atoms with Crippen molar-refractivity contribution in [3.63, 3.8) is 0 Å². The SMILES string of the molecule is Cc1csc(-c2nonc2NC(=O)c2ccc([N+](=O)[O-])cc2Cl)n1. The van der Waals surface area contributed by atoms with Gasteiger partial charge in [-0.05, 0) is 23.3 Å². The predicted molar refractivity (Wildman–Crippen MR) is 86.2 cm³/mol. The molecule has 0 aliphatic carbocycles. The Balaban J connectivity index is 1.86. The van der Waals surface area contributed by atoms with Crippen molar-refractivity contribution in [1.82, 2.24) is 15.3 Å². The van der Waals surface area contributed by atoms with Gasteiger partial charge in [0.2, 0.25) is 5.82 Å². The molecule has 1 N–H and O–H groups in total. The van der Waals surface area contributed by atoms with Crippen LogP contribution in [-0.4, -0.2) is 26.1 Å². The number of carbonyl (C=O) groups is 1. The van der Waals surface area contributed by atoms with E-state index in [4.69, 9.17) is 11.6 Å². The van der Waals surface area contributed by atoms with Gasteiger partial charge in [-0.3, -0.25) is 14.9 Å². The fourth-order valence-electron chi connectivity index (χ4n) is 1.85. The highest BCUT2D eigenvalue weighted by Crippen LogP contribution is 2.28. The number of amides is 1. The fraction of sp³-hybridized carbons (Fsp3) is 0.0769. The van der Waals surface area contributed by atoms with E-state index in [1.807, 2.05) is 12.3 Å². The Hall–Kier alpha value is -2.85. The molecule has 2 aromatic heterocycles. The maximum atomic E-state index is 12.3. The molecule has 9 nitrogen and oxygen atoms in total. The van der Waals surface area contributed by atoms with Crippen LogP contribution in [0.15, 0.2) is 28.2 Å². The highest BCUT2D eigenvalue weighted by Gasteiger charge is 2.20. The normalized spacial score (nSPS) is 10.6. The van der Waals surface area contributed by atoms with Crippen molar-refractivity contribution in [3.8, 4) is 10.7 Å². The van der Waals surface area contributed by atoms with Gasteiger partial charge in [0.15, 0.2) is 5.69 Å². The minimum atomic E-state index is -0.599. The lowest BCUT2D eigenvalue weighted by Gasteiger charge is -2.04. The summed E-state index contributed by atoms with van der Waals surface area (Å²) in [5.74, 6) is -0.510. The van der Waals surface area contributed by atoms with Gasteiger partial charge in [0.25, 0.3) is 11.6 Å². The molecule has 0 aliphatic rings. The van der Waals surface area contributed by atoms with Crippen LogP contribution in [0.3, 0.4) is 0 Å². The number of thiazole rings is 1. The van der Waals surface area contributed by atoms with Crippen LogP contribution in [0.25, 0.3) is 10.7 Å². The summed E-state index contributed by atoms with van der Waals surface area (Å²) in [5, 5.41) is 22.9. The summed E-state index contributed by atoms with van der Waals surface area (Å²) in [7, 11) is 0. The molecule has 0 unspecified atom stereocenters. The molecular weight excluding hydrogens is 358 g/mol. The summed E-state index contributed by atoms with van der Waals surface area (Å²) in [6.07, 6.45) is 0. The van der Waals surface area contributed by atoms with Crippen LogP contribution in [0.4, 0.5) is 11.5 Å². The number of non-ortho nitro benzene ring substituents is 1. The monoisotopic (exact) mass is 365 g/mol. The van der Waals surface area contributed by atoms with Gasteiger partial charge < -0.3 is 5.32 Å². The average molecular weight is 366 g/mol. The number of aromatic nitrogens is 3. The first-order valence-electron chi connectivity index (χ1n) is 6.46. The Bertz CT molecular complexity index is 938. The maximum Gasteiger partial charge on any atom is 0.270 e. The number of aryl methyl sites for hydroxylation is 1. The first-order valence-corrected chi connectivity index (χ1v) is 7.72. The van der Waals surface area contributed by atoms with Crippen LogP contribution >= 0.6 is 22.9 Å². The lowest BCUT2D eigenvalue weighted by molar-refractivity contribution is -0.384. The summed E-state index contributed by atoms with van der Waals surface area (Å²) in [4.78, 5) is 26.7. The molecule has 1 amide bonds. The number of hydrogen-bond acceptors (Lipinski definition) is 8. The van der Waals surface area contributed by atoms with Gasteiger partial charge in [-0.1, -0.05) is 11.6 Å². The molecule has 2 heterocycles. The van der Waals surface area contributed by atoms with Crippen molar-refractivity contribution in [2.75, 3.05) is 5.32 Å². The van der Waals surface area contributed by atoms with E-state index in [1.165, 1.54) is 23.5 Å². The molecular formula is C13H8ClN5O4S. The van der Waals surface area contributed by atoms with E-state index in [2.05, 4.69) is 25.2 Å². The van der Waals surface area contributed by atoms with Crippen LogP contribution in [0.1, 0.15) is 16.1 Å². The van der Waals surface area contributed by atoms with E-state index in [1.54, 1.807) is 0 Å². The third-order valence-electron chi connectivity index (χ3n) is 2.95. The van der Waals surface area contributed by atoms with Crippen LogP contribution in [0, 0.1) is 17.0 Å². The molecule has 0 saturated carbocycles. The van der Waals surface area contributed by atoms with Gasteiger partial charge in [-0.15, -0.1) is 11.3 Å². The molecule has 24 heavy (non-hydrogen) atoms. The van der Waals surface area contributed by atoms with E-state index >= 15 is 0 Å². The minimum absolute atomic E-state index is 0.0511. The zero-order chi connectivity index (χ0) is 17.3. The number of rotatable bonds is 4. The van der Waals surface area contributed by atoms with E-state index in [0.717, 1.165) is 11.8 Å². The second-order valence-electron chi connectivity index (χ2n) is 4.63. The molecule has 0 fully saturated rings. The van der Waals surface area contributed by atoms with Crippen molar-refractivity contribution in [2.24, 2.45) is 0 Å². The number of carbonyl (C=O) groups excluding carboxylic acids is 1. The van der Waals surface area contributed by atoms with Crippen molar-refractivity contribution < 1.29 is 14.3 Å². The van der Waals surface area contributed by atoms with Gasteiger partial charge in [0.1, 0.15) is 5.01 Å². The summed E-state index contributed by atoms with van der Waals surface area (Å²) in [6.45, 7) is 1.82. The number of nitrogens with one attached hydrogen (secondary N) is 1. The second-order valence-corrected chi connectivity index (χ2v) is 5.90. The maximum absolute atomic E-state index is 12.3. The summed E-state index contributed by atoms with van der Waals surface area (Å²) in [6, 6.07) is 3.55. The van der Waals surface area contributed by atoms with Gasteiger partial charge in [-0.25, -0.2) is 9.61 Å². The Morgan fingerprint density at radius 2 is 2.21 bits per heavy atom. The van der Waals surface area contributed by atoms with Crippen LogP contribution in [0.5, 0.6) is 0 Å². The van der Waals surface area contributed by atoms with Gasteiger partial charge in [0, 0.05) is 23.2 Å². The van der Waals surface area contributed by atoms with Crippen LogP contribution < -0.4 is 5.32 Å². The van der Waals surface area contributed by atoms with Crippen LogP contribution in [-0.2, 0) is 0 Å². The molecule has 11 heteroatoms. The number of halogens is 1. The quantitative estimate of drug-likeness (QED) is 0.555. The predicted octanol–water partition coefficient (Wildman–Crippen LogP) is 3.32. The number of benzene rings is 1. The van der Waals surface area contributed by atoms with E-state index < -0.39 is 10.8 Å². The van der Waals surface area contributed by atoms with Crippen LogP contribution in [0.2, 0.25) is 5.02 Å². The lowest BCUT2D eigenvalue weighted by atomic mass is 10.2. The Kier molecular flexibility index (Phi) is 4.23. The van der Waals surface area contributed by atoms with E-state index in [-0.39, 0.29) is 22.1 Å². The highest BCUT2D eigenvalue weighted by atomic mass is 35.5. The number of nitro groups is 1. The van der Waals surface area contributed by atoms with Crippen molar-refractivity contribution in [3.05, 3.63) is 50.0 Å². The molecule has 0 saturated heterocycles. The third-order valence-corrected chi connectivity index (χ3v) is 4.23. The van der Waals surface area contributed by atoms with Gasteiger partial charge in [0.05, 0.1) is 15.5 Å². The molecule has 1 aromatic carbocycles. The zero-order valence-electron chi connectivity index (χ0n) is 12.0. The second kappa shape index (κ2) is 6.34.